The van der Waals surface area contributed by atoms with Crippen molar-refractivity contribution in [2.24, 2.45) is 0 Å². The molecule has 0 spiro atoms. The number of halogens is 2. The third-order valence-corrected chi connectivity index (χ3v) is 3.14. The Balaban J connectivity index is 1.64. The predicted molar refractivity (Wildman–Crippen MR) is 80.9 cm³/mol. The second kappa shape index (κ2) is 8.25. The molecule has 2 aromatic carbocycles. The van der Waals surface area contributed by atoms with Crippen LogP contribution in [-0.4, -0.2) is 13.2 Å². The number of alkyl halides is 2. The van der Waals surface area contributed by atoms with E-state index in [0.717, 1.165) is 31.5 Å². The van der Waals surface area contributed by atoms with Gasteiger partial charge < -0.3 is 10.1 Å². The van der Waals surface area contributed by atoms with Crippen LogP contribution >= 0.6 is 0 Å². The summed E-state index contributed by atoms with van der Waals surface area (Å²) in [7, 11) is 0. The third-order valence-electron chi connectivity index (χ3n) is 3.14. The van der Waals surface area contributed by atoms with E-state index in [1.54, 1.807) is 24.3 Å². The zero-order valence-corrected chi connectivity index (χ0v) is 11.8. The van der Waals surface area contributed by atoms with Crippen molar-refractivity contribution >= 4 is 5.69 Å². The van der Waals surface area contributed by atoms with Crippen LogP contribution in [0, 0.1) is 0 Å². The molecule has 0 unspecified atom stereocenters. The van der Waals surface area contributed by atoms with Crippen LogP contribution in [0.4, 0.5) is 14.5 Å². The lowest BCUT2D eigenvalue weighted by atomic mass is 10.1. The average molecular weight is 291 g/mol. The Bertz CT molecular complexity index is 514. The first-order chi connectivity index (χ1) is 10.2. The van der Waals surface area contributed by atoms with E-state index in [2.05, 4.69) is 34.3 Å². The van der Waals surface area contributed by atoms with Gasteiger partial charge in [-0.15, -0.1) is 0 Å². The minimum Gasteiger partial charge on any atom is -0.435 e. The van der Waals surface area contributed by atoms with Gasteiger partial charge in [-0.1, -0.05) is 30.3 Å². The third kappa shape index (κ3) is 5.81. The topological polar surface area (TPSA) is 21.3 Å². The second-order valence-electron chi connectivity index (χ2n) is 4.77. The van der Waals surface area contributed by atoms with Crippen molar-refractivity contribution < 1.29 is 13.5 Å². The molecule has 0 aliphatic rings. The maximum absolute atomic E-state index is 12.0. The largest absolute Gasteiger partial charge is 0.435 e. The summed E-state index contributed by atoms with van der Waals surface area (Å²) in [6.07, 6.45) is 3.25. The molecule has 21 heavy (non-hydrogen) atoms. The Morgan fingerprint density at radius 1 is 0.905 bits per heavy atom. The highest BCUT2D eigenvalue weighted by atomic mass is 19.3. The van der Waals surface area contributed by atoms with Gasteiger partial charge in [-0.05, 0) is 49.1 Å². The minimum atomic E-state index is -2.78. The summed E-state index contributed by atoms with van der Waals surface area (Å²) in [6.45, 7) is -1.91. The van der Waals surface area contributed by atoms with Gasteiger partial charge in [-0.25, -0.2) is 0 Å². The number of hydrogen-bond acceptors (Lipinski definition) is 2. The van der Waals surface area contributed by atoms with Crippen LogP contribution in [-0.2, 0) is 6.42 Å². The molecule has 0 aliphatic carbocycles. The minimum absolute atomic E-state index is 0.180. The summed E-state index contributed by atoms with van der Waals surface area (Å²) in [5.41, 5.74) is 2.27. The van der Waals surface area contributed by atoms with Gasteiger partial charge in [-0.3, -0.25) is 0 Å². The molecule has 2 aromatic rings. The molecule has 1 N–H and O–H groups in total. The lowest BCUT2D eigenvalue weighted by molar-refractivity contribution is -0.0498. The first kappa shape index (κ1) is 15.3. The number of benzene rings is 2. The zero-order chi connectivity index (χ0) is 14.9. The first-order valence-electron chi connectivity index (χ1n) is 7.07. The van der Waals surface area contributed by atoms with Crippen LogP contribution in [0.3, 0.4) is 0 Å². The number of ether oxygens (including phenoxy) is 1. The van der Waals surface area contributed by atoms with E-state index in [4.69, 9.17) is 0 Å². The molecular weight excluding hydrogens is 272 g/mol. The van der Waals surface area contributed by atoms with E-state index < -0.39 is 6.61 Å². The molecule has 0 aromatic heterocycles. The molecule has 0 heterocycles. The number of anilines is 1. The summed E-state index contributed by atoms with van der Waals surface area (Å²) in [5, 5.41) is 3.27. The van der Waals surface area contributed by atoms with Gasteiger partial charge in [0.1, 0.15) is 5.75 Å². The summed E-state index contributed by atoms with van der Waals surface area (Å²) in [5.74, 6) is 0.180. The highest BCUT2D eigenvalue weighted by Gasteiger charge is 2.03. The molecule has 2 nitrogen and oxygen atoms in total. The van der Waals surface area contributed by atoms with Crippen molar-refractivity contribution in [2.75, 3.05) is 11.9 Å². The molecule has 4 heteroatoms. The number of rotatable bonds is 8. The monoisotopic (exact) mass is 291 g/mol. The van der Waals surface area contributed by atoms with Crippen LogP contribution in [0.15, 0.2) is 54.6 Å². The number of unbranched alkanes of at least 4 members (excludes halogenated alkanes) is 1. The van der Waals surface area contributed by atoms with Crippen molar-refractivity contribution in [2.45, 2.75) is 25.9 Å². The van der Waals surface area contributed by atoms with E-state index in [1.165, 1.54) is 5.56 Å². The molecule has 0 fully saturated rings. The fraction of sp³-hybridized carbons (Fsp3) is 0.294. The number of aryl methyl sites for hydroxylation is 1. The average Bonchev–Trinajstić information content (AvgIpc) is 2.49. The molecule has 0 saturated heterocycles. The van der Waals surface area contributed by atoms with Crippen molar-refractivity contribution in [1.29, 1.82) is 0 Å². The molecule has 0 radical (unpaired) electrons. The van der Waals surface area contributed by atoms with Crippen LogP contribution in [0.5, 0.6) is 5.75 Å². The summed E-state index contributed by atoms with van der Waals surface area (Å²) >= 11 is 0. The standard InChI is InChI=1S/C17H19F2NO/c18-17(19)21-16-11-9-15(10-12-16)20-13-5-4-8-14-6-2-1-3-7-14/h1-3,6-7,9-12,17,20H,4-5,8,13H2. The number of nitrogens with one attached hydrogen (secondary N) is 1. The fourth-order valence-corrected chi connectivity index (χ4v) is 2.09. The Morgan fingerprint density at radius 3 is 2.29 bits per heavy atom. The lowest BCUT2D eigenvalue weighted by Gasteiger charge is -2.08. The van der Waals surface area contributed by atoms with Gasteiger partial charge in [0.2, 0.25) is 0 Å². The molecule has 2 rings (SSSR count). The van der Waals surface area contributed by atoms with E-state index in [9.17, 15) is 8.78 Å². The Morgan fingerprint density at radius 2 is 1.62 bits per heavy atom. The molecule has 0 atom stereocenters. The quantitative estimate of drug-likeness (QED) is 0.710. The zero-order valence-electron chi connectivity index (χ0n) is 11.8. The lowest BCUT2D eigenvalue weighted by Crippen LogP contribution is -2.03. The van der Waals surface area contributed by atoms with E-state index >= 15 is 0 Å². The van der Waals surface area contributed by atoms with Crippen molar-refractivity contribution in [3.8, 4) is 5.75 Å². The van der Waals surface area contributed by atoms with Gasteiger partial charge in [0.15, 0.2) is 0 Å². The Hall–Kier alpha value is -2.10. The van der Waals surface area contributed by atoms with Crippen LogP contribution in [0.25, 0.3) is 0 Å². The van der Waals surface area contributed by atoms with Gasteiger partial charge in [0.25, 0.3) is 0 Å². The smallest absolute Gasteiger partial charge is 0.387 e. The van der Waals surface area contributed by atoms with E-state index in [0.29, 0.717) is 0 Å². The Labute approximate surface area is 123 Å². The van der Waals surface area contributed by atoms with Gasteiger partial charge in [0, 0.05) is 12.2 Å². The highest BCUT2D eigenvalue weighted by molar-refractivity contribution is 5.46. The summed E-state index contributed by atoms with van der Waals surface area (Å²) < 4.78 is 28.3. The normalized spacial score (nSPS) is 10.6. The molecule has 0 aliphatic heterocycles. The second-order valence-corrected chi connectivity index (χ2v) is 4.77. The van der Waals surface area contributed by atoms with Crippen molar-refractivity contribution in [1.82, 2.24) is 0 Å². The van der Waals surface area contributed by atoms with E-state index in [-0.39, 0.29) is 5.75 Å². The van der Waals surface area contributed by atoms with Gasteiger partial charge in [0.05, 0.1) is 0 Å². The fourth-order valence-electron chi connectivity index (χ4n) is 2.09. The maximum Gasteiger partial charge on any atom is 0.387 e. The Kier molecular flexibility index (Phi) is 6.00. The van der Waals surface area contributed by atoms with Crippen LogP contribution in [0.2, 0.25) is 0 Å². The van der Waals surface area contributed by atoms with Crippen molar-refractivity contribution in [3.05, 3.63) is 60.2 Å². The maximum atomic E-state index is 12.0. The predicted octanol–water partition coefficient (Wildman–Crippen LogP) is 4.72. The molecular formula is C17H19F2NO. The molecule has 0 bridgehead atoms. The first-order valence-corrected chi connectivity index (χ1v) is 7.07. The summed E-state index contributed by atoms with van der Waals surface area (Å²) in [6, 6.07) is 17.0. The van der Waals surface area contributed by atoms with E-state index in [1.807, 2.05) is 6.07 Å². The van der Waals surface area contributed by atoms with Crippen LogP contribution < -0.4 is 10.1 Å². The van der Waals surface area contributed by atoms with Crippen LogP contribution in [0.1, 0.15) is 18.4 Å². The molecule has 0 amide bonds. The SMILES string of the molecule is FC(F)Oc1ccc(NCCCCc2ccccc2)cc1. The van der Waals surface area contributed by atoms with Gasteiger partial charge in [-0.2, -0.15) is 8.78 Å². The van der Waals surface area contributed by atoms with Crippen molar-refractivity contribution in [3.63, 3.8) is 0 Å². The van der Waals surface area contributed by atoms with Gasteiger partial charge >= 0.3 is 6.61 Å². The highest BCUT2D eigenvalue weighted by Crippen LogP contribution is 2.17. The molecule has 0 saturated carbocycles. The summed E-state index contributed by atoms with van der Waals surface area (Å²) in [4.78, 5) is 0. The number of hydrogen-bond donors (Lipinski definition) is 1. The molecule has 112 valence electrons.